The van der Waals surface area contributed by atoms with E-state index >= 15 is 0 Å². The first kappa shape index (κ1) is 19.3. The highest BCUT2D eigenvalue weighted by Crippen LogP contribution is 2.42. The van der Waals surface area contributed by atoms with E-state index < -0.39 is 12.0 Å². The van der Waals surface area contributed by atoms with Gasteiger partial charge in [-0.05, 0) is 48.2 Å². The number of hydrogen-bond acceptors (Lipinski definition) is 2. The summed E-state index contributed by atoms with van der Waals surface area (Å²) in [6.45, 7) is -2.63. The summed E-state index contributed by atoms with van der Waals surface area (Å²) < 4.78 is 43.0. The third-order valence-corrected chi connectivity index (χ3v) is 5.13. The number of rotatable bonds is 6. The van der Waals surface area contributed by atoms with E-state index in [1.165, 1.54) is 24.3 Å². The van der Waals surface area contributed by atoms with Gasteiger partial charge >= 0.3 is 6.61 Å². The summed E-state index contributed by atoms with van der Waals surface area (Å²) in [7, 11) is 1.68. The van der Waals surface area contributed by atoms with Crippen LogP contribution in [0.1, 0.15) is 36.8 Å². The highest BCUT2D eigenvalue weighted by atomic mass is 19.3. The largest absolute Gasteiger partial charge is 0.435 e. The highest BCUT2D eigenvalue weighted by molar-refractivity contribution is 5.88. The van der Waals surface area contributed by atoms with Crippen LogP contribution in [0, 0.1) is 5.82 Å². The Balaban J connectivity index is 1.81. The number of alkyl halides is 2. The standard InChI is InChI=1S/C21H22F3NO2/c1-25(14-15-6-4-9-18(12-15)27-20(23)24)19(26)21(10-2-3-11-21)16-7-5-8-17(22)13-16/h4-9,12-13,20H,2-3,10-11,14H2,1H3. The van der Waals surface area contributed by atoms with Crippen LogP contribution in [-0.4, -0.2) is 24.5 Å². The molecule has 144 valence electrons. The van der Waals surface area contributed by atoms with E-state index in [1.54, 1.807) is 36.2 Å². The van der Waals surface area contributed by atoms with Crippen molar-refractivity contribution in [3.05, 3.63) is 65.5 Å². The van der Waals surface area contributed by atoms with Crippen molar-refractivity contribution < 1.29 is 22.7 Å². The van der Waals surface area contributed by atoms with Gasteiger partial charge in [-0.1, -0.05) is 37.1 Å². The van der Waals surface area contributed by atoms with Crippen LogP contribution >= 0.6 is 0 Å². The van der Waals surface area contributed by atoms with Crippen LogP contribution in [0.5, 0.6) is 5.75 Å². The minimum atomic E-state index is -2.89. The number of halogens is 3. The molecule has 1 aliphatic carbocycles. The predicted molar refractivity (Wildman–Crippen MR) is 96.1 cm³/mol. The van der Waals surface area contributed by atoms with E-state index in [2.05, 4.69) is 4.74 Å². The number of carbonyl (C=O) groups excluding carboxylic acids is 1. The fourth-order valence-electron chi connectivity index (χ4n) is 3.92. The topological polar surface area (TPSA) is 29.5 Å². The molecule has 2 aromatic carbocycles. The summed E-state index contributed by atoms with van der Waals surface area (Å²) in [4.78, 5) is 14.9. The number of likely N-dealkylation sites (N-methyl/N-ethyl adjacent to an activating group) is 1. The molecule has 3 rings (SSSR count). The van der Waals surface area contributed by atoms with Gasteiger partial charge in [-0.3, -0.25) is 4.79 Å². The van der Waals surface area contributed by atoms with E-state index in [-0.39, 0.29) is 24.0 Å². The Morgan fingerprint density at radius 2 is 1.85 bits per heavy atom. The van der Waals surface area contributed by atoms with Crippen molar-refractivity contribution in [2.75, 3.05) is 7.05 Å². The molecule has 0 aliphatic heterocycles. The van der Waals surface area contributed by atoms with Gasteiger partial charge in [-0.2, -0.15) is 8.78 Å². The number of carbonyl (C=O) groups is 1. The van der Waals surface area contributed by atoms with Gasteiger partial charge in [-0.25, -0.2) is 4.39 Å². The van der Waals surface area contributed by atoms with Gasteiger partial charge in [0.2, 0.25) is 5.91 Å². The minimum absolute atomic E-state index is 0.0593. The van der Waals surface area contributed by atoms with E-state index in [0.29, 0.717) is 24.0 Å². The molecule has 0 heterocycles. The monoisotopic (exact) mass is 377 g/mol. The smallest absolute Gasteiger partial charge is 0.387 e. The first-order chi connectivity index (χ1) is 12.9. The highest BCUT2D eigenvalue weighted by Gasteiger charge is 2.44. The molecule has 0 atom stereocenters. The van der Waals surface area contributed by atoms with Gasteiger partial charge in [0.25, 0.3) is 0 Å². The molecule has 1 aliphatic rings. The summed E-state index contributed by atoms with van der Waals surface area (Å²) >= 11 is 0. The number of ether oxygens (including phenoxy) is 1. The van der Waals surface area contributed by atoms with E-state index in [9.17, 15) is 18.0 Å². The minimum Gasteiger partial charge on any atom is -0.435 e. The Labute approximate surface area is 156 Å². The second-order valence-electron chi connectivity index (χ2n) is 6.99. The SMILES string of the molecule is CN(Cc1cccc(OC(F)F)c1)C(=O)C1(c2cccc(F)c2)CCCC1. The molecule has 0 unspecified atom stereocenters. The normalized spacial score (nSPS) is 15.7. The van der Waals surface area contributed by atoms with Crippen molar-refractivity contribution in [1.29, 1.82) is 0 Å². The zero-order valence-corrected chi connectivity index (χ0v) is 15.1. The number of hydrogen-bond donors (Lipinski definition) is 0. The number of nitrogens with zero attached hydrogens (tertiary/aromatic N) is 1. The van der Waals surface area contributed by atoms with Crippen LogP contribution in [0.2, 0.25) is 0 Å². The van der Waals surface area contributed by atoms with E-state index in [0.717, 1.165) is 12.8 Å². The molecule has 27 heavy (non-hydrogen) atoms. The van der Waals surface area contributed by atoms with Crippen molar-refractivity contribution in [1.82, 2.24) is 4.90 Å². The molecule has 1 fully saturated rings. The van der Waals surface area contributed by atoms with E-state index in [1.807, 2.05) is 0 Å². The lowest BCUT2D eigenvalue weighted by atomic mass is 9.77. The van der Waals surface area contributed by atoms with Gasteiger partial charge in [0.1, 0.15) is 11.6 Å². The quantitative estimate of drug-likeness (QED) is 0.717. The van der Waals surface area contributed by atoms with Crippen LogP contribution < -0.4 is 4.74 Å². The second-order valence-corrected chi connectivity index (χ2v) is 6.99. The van der Waals surface area contributed by atoms with Crippen LogP contribution in [0.4, 0.5) is 13.2 Å². The average molecular weight is 377 g/mol. The van der Waals surface area contributed by atoms with Gasteiger partial charge < -0.3 is 9.64 Å². The Hall–Kier alpha value is -2.50. The molecule has 0 N–H and O–H groups in total. The van der Waals surface area contributed by atoms with Crippen molar-refractivity contribution in [3.8, 4) is 5.75 Å². The Kier molecular flexibility index (Phi) is 5.73. The summed E-state index contributed by atoms with van der Waals surface area (Å²) in [5.74, 6) is -0.374. The molecule has 0 saturated heterocycles. The molecule has 0 spiro atoms. The molecule has 2 aromatic rings. The molecule has 6 heteroatoms. The number of benzene rings is 2. The first-order valence-electron chi connectivity index (χ1n) is 8.96. The maximum atomic E-state index is 13.8. The molecule has 0 aromatic heterocycles. The Morgan fingerprint density at radius 3 is 2.52 bits per heavy atom. The third kappa shape index (κ3) is 4.26. The van der Waals surface area contributed by atoms with Crippen molar-refractivity contribution in [2.24, 2.45) is 0 Å². The van der Waals surface area contributed by atoms with Crippen molar-refractivity contribution in [2.45, 2.75) is 44.3 Å². The van der Waals surface area contributed by atoms with Gasteiger partial charge in [-0.15, -0.1) is 0 Å². The van der Waals surface area contributed by atoms with Crippen LogP contribution in [0.25, 0.3) is 0 Å². The Morgan fingerprint density at radius 1 is 1.15 bits per heavy atom. The molecular formula is C21H22F3NO2. The van der Waals surface area contributed by atoms with Crippen LogP contribution in [-0.2, 0) is 16.8 Å². The fraction of sp³-hybridized carbons (Fsp3) is 0.381. The second kappa shape index (κ2) is 8.03. The first-order valence-corrected chi connectivity index (χ1v) is 8.96. The molecule has 0 radical (unpaired) electrons. The van der Waals surface area contributed by atoms with Gasteiger partial charge in [0.15, 0.2) is 0 Å². The maximum absolute atomic E-state index is 13.8. The third-order valence-electron chi connectivity index (χ3n) is 5.13. The molecule has 0 bridgehead atoms. The van der Waals surface area contributed by atoms with Crippen LogP contribution in [0.15, 0.2) is 48.5 Å². The zero-order chi connectivity index (χ0) is 19.4. The van der Waals surface area contributed by atoms with Gasteiger partial charge in [0.05, 0.1) is 5.41 Å². The molecule has 1 amide bonds. The summed E-state index contributed by atoms with van der Waals surface area (Å²) in [6.07, 6.45) is 3.17. The maximum Gasteiger partial charge on any atom is 0.387 e. The van der Waals surface area contributed by atoms with Crippen molar-refractivity contribution >= 4 is 5.91 Å². The molecule has 3 nitrogen and oxygen atoms in total. The van der Waals surface area contributed by atoms with E-state index in [4.69, 9.17) is 0 Å². The molecular weight excluding hydrogens is 355 g/mol. The van der Waals surface area contributed by atoms with Gasteiger partial charge in [0, 0.05) is 13.6 Å². The summed E-state index contributed by atoms with van der Waals surface area (Å²) in [6, 6.07) is 12.6. The molecule has 1 saturated carbocycles. The lowest BCUT2D eigenvalue weighted by molar-refractivity contribution is -0.136. The fourth-order valence-corrected chi connectivity index (χ4v) is 3.92. The summed E-state index contributed by atoms with van der Waals surface area (Å²) in [5.41, 5.74) is 0.663. The predicted octanol–water partition coefficient (Wildman–Crippen LogP) is 4.90. The summed E-state index contributed by atoms with van der Waals surface area (Å²) in [5, 5.41) is 0. The van der Waals surface area contributed by atoms with Crippen molar-refractivity contribution in [3.63, 3.8) is 0 Å². The number of amides is 1. The average Bonchev–Trinajstić information content (AvgIpc) is 3.12. The Bertz CT molecular complexity index is 804. The van der Waals surface area contributed by atoms with Crippen LogP contribution in [0.3, 0.4) is 0 Å². The lowest BCUT2D eigenvalue weighted by Crippen LogP contribution is -2.43. The zero-order valence-electron chi connectivity index (χ0n) is 15.1. The lowest BCUT2D eigenvalue weighted by Gasteiger charge is -2.33.